The lowest BCUT2D eigenvalue weighted by Gasteiger charge is -2.45. The fraction of sp³-hybridized carbons (Fsp3) is 0.571. The molecule has 0 aromatic heterocycles. The van der Waals surface area contributed by atoms with E-state index in [4.69, 9.17) is 4.74 Å². The van der Waals surface area contributed by atoms with Gasteiger partial charge in [-0.25, -0.2) is 4.99 Å². The number of aliphatic hydroxyl groups excluding tert-OH is 1. The fourth-order valence-corrected chi connectivity index (χ4v) is 6.27. The molecule has 1 saturated heterocycles. The summed E-state index contributed by atoms with van der Waals surface area (Å²) in [4.78, 5) is 16.5. The molecule has 11 heteroatoms. The van der Waals surface area contributed by atoms with Crippen LogP contribution in [0.5, 0.6) is 11.5 Å². The molecule has 0 unspecified atom stereocenters. The molecule has 0 saturated carbocycles. The minimum atomic E-state index is -4.89. The Morgan fingerprint density at radius 1 is 1.33 bits per heavy atom. The first-order chi connectivity index (χ1) is 18.3. The molecule has 1 amide bonds. The summed E-state index contributed by atoms with van der Waals surface area (Å²) < 4.78 is 39.7. The Balaban J connectivity index is 2.03. The molecule has 1 aliphatic carbocycles. The van der Waals surface area contributed by atoms with Crippen molar-refractivity contribution in [3.05, 3.63) is 47.1 Å². The van der Waals surface area contributed by atoms with E-state index in [0.717, 1.165) is 49.7 Å². The van der Waals surface area contributed by atoms with Crippen LogP contribution in [0.1, 0.15) is 76.8 Å². The van der Waals surface area contributed by atoms with E-state index in [0.29, 0.717) is 11.3 Å². The number of ether oxygens (including phenoxy) is 1. The van der Waals surface area contributed by atoms with E-state index >= 15 is 0 Å². The van der Waals surface area contributed by atoms with Crippen LogP contribution in [-0.2, 0) is 21.5 Å². The highest BCUT2D eigenvalue weighted by atomic mass is 32.2. The van der Waals surface area contributed by atoms with Gasteiger partial charge in [-0.15, -0.1) is 0 Å². The average molecular weight is 564 g/mol. The Labute approximate surface area is 231 Å². The third kappa shape index (κ3) is 6.82. The number of aromatic hydroxyl groups is 1. The van der Waals surface area contributed by atoms with Crippen LogP contribution < -0.4 is 10.1 Å². The van der Waals surface area contributed by atoms with Crippen molar-refractivity contribution in [2.24, 2.45) is 16.8 Å². The number of nitrogens with zero attached hydrogens (tertiary/aromatic N) is 2. The zero-order chi connectivity index (χ0) is 29.1. The zero-order valence-electron chi connectivity index (χ0n) is 23.3. The molecule has 39 heavy (non-hydrogen) atoms. The lowest BCUT2D eigenvalue weighted by molar-refractivity contribution is -0.154. The molecule has 3 rings (SSSR count). The topological polar surface area (TPSA) is 149 Å². The normalized spacial score (nSPS) is 24.6. The second-order valence-electron chi connectivity index (χ2n) is 10.6. The number of aryl methyl sites for hydroxylation is 1. The minimum Gasteiger partial charge on any atom is -0.507 e. The van der Waals surface area contributed by atoms with Crippen LogP contribution >= 0.6 is 0 Å². The number of β-lactam (4-membered cyclic amide) rings is 1. The standard InChI is InChI=1S/C28H41N3O7S/c1-7-8-9-10-19-14-22(33)25(21-13-17(4)11-12-20(21)16(2)3)23(15-19)38-28(29-6)30-26-24(18(5)32)27(34)31(26)39(35,36)37/h13-15,18,20-21,24,26,32-33H,2,7-12H2,1,3-6H3,(H,29,30)(H,35,36,37)/t18-,20+,21-,24-,26+/m1/s1. The summed E-state index contributed by atoms with van der Waals surface area (Å²) in [7, 11) is -3.47. The predicted molar refractivity (Wildman–Crippen MR) is 150 cm³/mol. The Hall–Kier alpha value is -2.89. The smallest absolute Gasteiger partial charge is 0.364 e. The summed E-state index contributed by atoms with van der Waals surface area (Å²) in [6.45, 7) is 11.7. The molecule has 2 aliphatic rings. The minimum absolute atomic E-state index is 0.0711. The lowest BCUT2D eigenvalue weighted by Crippen LogP contribution is -2.72. The van der Waals surface area contributed by atoms with E-state index < -0.39 is 34.4 Å². The lowest BCUT2D eigenvalue weighted by atomic mass is 9.73. The number of nitrogens with one attached hydrogen (secondary N) is 1. The molecule has 0 bridgehead atoms. The zero-order valence-corrected chi connectivity index (χ0v) is 24.2. The van der Waals surface area contributed by atoms with Crippen LogP contribution in [0, 0.1) is 11.8 Å². The Kier molecular flexibility index (Phi) is 9.84. The van der Waals surface area contributed by atoms with Gasteiger partial charge in [-0.3, -0.25) is 9.35 Å². The van der Waals surface area contributed by atoms with Crippen molar-refractivity contribution in [3.8, 4) is 11.5 Å². The SMILES string of the molecule is C=C(C)[C@@H]1CCC(C)=C[C@H]1c1c(O)cc(CCCCC)cc1O/C(=N\C)N[C@@H]1[C@@H]([C@@H](C)O)C(=O)N1S(=O)(=O)O. The van der Waals surface area contributed by atoms with Gasteiger partial charge in [0, 0.05) is 18.5 Å². The largest absolute Gasteiger partial charge is 0.507 e. The number of hydrogen-bond donors (Lipinski definition) is 4. The molecular formula is C28H41N3O7S. The number of unbranched alkanes of at least 4 members (excludes halogenated alkanes) is 2. The van der Waals surface area contributed by atoms with Crippen LogP contribution in [-0.4, -0.2) is 58.7 Å². The molecule has 0 spiro atoms. The number of aliphatic imine (C=N–C) groups is 1. The second kappa shape index (κ2) is 12.5. The summed E-state index contributed by atoms with van der Waals surface area (Å²) >= 11 is 0. The van der Waals surface area contributed by atoms with Crippen LogP contribution in [0.2, 0.25) is 0 Å². The molecule has 1 fully saturated rings. The highest BCUT2D eigenvalue weighted by molar-refractivity contribution is 7.84. The van der Waals surface area contributed by atoms with Crippen molar-refractivity contribution in [1.82, 2.24) is 9.62 Å². The van der Waals surface area contributed by atoms with Gasteiger partial charge in [-0.2, -0.15) is 12.7 Å². The maximum absolute atomic E-state index is 12.4. The van der Waals surface area contributed by atoms with Gasteiger partial charge in [-0.1, -0.05) is 43.6 Å². The van der Waals surface area contributed by atoms with Crippen molar-refractivity contribution >= 4 is 22.2 Å². The van der Waals surface area contributed by atoms with Gasteiger partial charge in [0.25, 0.3) is 6.02 Å². The molecule has 5 atom stereocenters. The second-order valence-corrected chi connectivity index (χ2v) is 11.9. The summed E-state index contributed by atoms with van der Waals surface area (Å²) in [6, 6.07) is 3.47. The number of carbonyl (C=O) groups excluding carboxylic acids is 1. The molecule has 1 heterocycles. The molecule has 216 valence electrons. The Morgan fingerprint density at radius 3 is 2.59 bits per heavy atom. The van der Waals surface area contributed by atoms with Crippen molar-refractivity contribution in [2.45, 2.75) is 84.4 Å². The molecule has 0 radical (unpaired) electrons. The van der Waals surface area contributed by atoms with E-state index in [2.05, 4.69) is 29.9 Å². The molecule has 1 aromatic carbocycles. The van der Waals surface area contributed by atoms with Gasteiger partial charge in [0.15, 0.2) is 0 Å². The number of carbonyl (C=O) groups is 1. The number of amides is 1. The van der Waals surface area contributed by atoms with E-state index in [9.17, 15) is 28.0 Å². The predicted octanol–water partition coefficient (Wildman–Crippen LogP) is 4.06. The number of phenolic OH excluding ortho intramolecular Hbond substituents is 1. The Bertz CT molecular complexity index is 1260. The van der Waals surface area contributed by atoms with Crippen molar-refractivity contribution in [2.75, 3.05) is 7.05 Å². The highest BCUT2D eigenvalue weighted by Crippen LogP contribution is 2.47. The van der Waals surface area contributed by atoms with Crippen LogP contribution in [0.3, 0.4) is 0 Å². The van der Waals surface area contributed by atoms with E-state index in [1.54, 1.807) is 6.07 Å². The first-order valence-electron chi connectivity index (χ1n) is 13.4. The van der Waals surface area contributed by atoms with Gasteiger partial charge in [-0.05, 0) is 70.1 Å². The average Bonchev–Trinajstić information content (AvgIpc) is 2.81. The number of phenols is 1. The third-order valence-electron chi connectivity index (χ3n) is 7.51. The molecule has 1 aliphatic heterocycles. The summed E-state index contributed by atoms with van der Waals surface area (Å²) in [5, 5.41) is 24.1. The first kappa shape index (κ1) is 30.6. The Morgan fingerprint density at radius 2 is 2.03 bits per heavy atom. The quantitative estimate of drug-likeness (QED) is 0.0832. The van der Waals surface area contributed by atoms with E-state index in [-0.39, 0.29) is 27.9 Å². The summed E-state index contributed by atoms with van der Waals surface area (Å²) in [5.74, 6) is -1.80. The number of benzene rings is 1. The number of rotatable bonds is 10. The van der Waals surface area contributed by atoms with Gasteiger partial charge in [0.1, 0.15) is 23.6 Å². The number of hydrogen-bond acceptors (Lipinski definition) is 7. The van der Waals surface area contributed by atoms with Crippen molar-refractivity contribution < 1.29 is 32.7 Å². The monoisotopic (exact) mass is 563 g/mol. The van der Waals surface area contributed by atoms with Gasteiger partial charge >= 0.3 is 10.3 Å². The molecule has 1 aromatic rings. The molecule has 4 N–H and O–H groups in total. The maximum Gasteiger partial charge on any atom is 0.364 e. The van der Waals surface area contributed by atoms with Gasteiger partial charge in [0.2, 0.25) is 5.91 Å². The van der Waals surface area contributed by atoms with Crippen LogP contribution in [0.4, 0.5) is 0 Å². The van der Waals surface area contributed by atoms with Crippen molar-refractivity contribution in [1.29, 1.82) is 0 Å². The van der Waals surface area contributed by atoms with Crippen LogP contribution in [0.25, 0.3) is 0 Å². The highest BCUT2D eigenvalue weighted by Gasteiger charge is 2.56. The van der Waals surface area contributed by atoms with Gasteiger partial charge in [0.05, 0.1) is 6.10 Å². The first-order valence-corrected chi connectivity index (χ1v) is 14.8. The van der Waals surface area contributed by atoms with Crippen LogP contribution in [0.15, 0.2) is 40.9 Å². The van der Waals surface area contributed by atoms with E-state index in [1.165, 1.54) is 19.5 Å². The summed E-state index contributed by atoms with van der Waals surface area (Å²) in [6.07, 6.45) is 5.15. The van der Waals surface area contributed by atoms with Gasteiger partial charge < -0.3 is 20.3 Å². The maximum atomic E-state index is 12.4. The summed E-state index contributed by atoms with van der Waals surface area (Å²) in [5.41, 5.74) is 3.61. The third-order valence-corrected chi connectivity index (χ3v) is 8.41. The number of amidine groups is 1. The van der Waals surface area contributed by atoms with E-state index in [1.807, 2.05) is 19.9 Å². The molecular weight excluding hydrogens is 522 g/mol. The fourth-order valence-electron chi connectivity index (χ4n) is 5.45. The molecule has 10 nitrogen and oxygen atoms in total. The number of aliphatic hydroxyl groups is 1. The number of allylic oxidation sites excluding steroid dienone is 3. The van der Waals surface area contributed by atoms with Crippen molar-refractivity contribution in [3.63, 3.8) is 0 Å².